The first kappa shape index (κ1) is 10.1. The molecule has 74 valence electrons. The fourth-order valence-electron chi connectivity index (χ4n) is 1.09. The van der Waals surface area contributed by atoms with E-state index in [4.69, 9.17) is 10.2 Å². The highest BCUT2D eigenvalue weighted by Gasteiger charge is 2.46. The normalized spacial score (nSPS) is 30.4. The molecule has 3 atom stereocenters. The second-order valence-corrected chi connectivity index (χ2v) is 2.63. The molecule has 1 aliphatic heterocycles. The fourth-order valence-corrected chi connectivity index (χ4v) is 1.09. The number of carbonyl (C=O) groups excluding carboxylic acids is 2. The van der Waals surface area contributed by atoms with Crippen molar-refractivity contribution < 1.29 is 29.3 Å². The van der Waals surface area contributed by atoms with Gasteiger partial charge >= 0.3 is 5.97 Å². The van der Waals surface area contributed by atoms with Gasteiger partial charge in [0.2, 0.25) is 11.9 Å². The summed E-state index contributed by atoms with van der Waals surface area (Å²) >= 11 is 0. The highest BCUT2D eigenvalue weighted by atomic mass is 16.6. The molecule has 0 aromatic carbocycles. The molecule has 1 rings (SSSR count). The van der Waals surface area contributed by atoms with Crippen LogP contribution in [0.1, 0.15) is 0 Å². The lowest BCUT2D eigenvalue weighted by atomic mass is 10.1. The Balaban J connectivity index is 2.72. The maximum Gasteiger partial charge on any atom is 0.344 e. The molecule has 0 amide bonds. The third-order valence-corrected chi connectivity index (χ3v) is 1.77. The Morgan fingerprint density at radius 2 is 2.23 bits per heavy atom. The summed E-state index contributed by atoms with van der Waals surface area (Å²) in [5.41, 5.74) is 0. The van der Waals surface area contributed by atoms with Crippen molar-refractivity contribution in [3.05, 3.63) is 0 Å². The van der Waals surface area contributed by atoms with E-state index in [0.717, 1.165) is 0 Å². The molecule has 1 fully saturated rings. The molecule has 0 aliphatic carbocycles. The Labute approximate surface area is 74.1 Å². The Kier molecular flexibility index (Phi) is 2.97. The quantitative estimate of drug-likeness (QED) is 0.389. The Hall–Kier alpha value is -0.980. The molecule has 2 N–H and O–H groups in total. The SMILES string of the molecule is COC1C(=O)O[C@H]([C@@H](O)CO)C1=O. The molecular formula is C7H10O6. The Bertz CT molecular complexity index is 225. The minimum absolute atomic E-state index is 0.639. The maximum absolute atomic E-state index is 11.2. The fraction of sp³-hybridized carbons (Fsp3) is 0.714. The number of esters is 1. The zero-order valence-corrected chi connectivity index (χ0v) is 6.97. The summed E-state index contributed by atoms with van der Waals surface area (Å²) in [6, 6.07) is 0. The van der Waals surface area contributed by atoms with Crippen molar-refractivity contribution >= 4 is 11.8 Å². The molecular weight excluding hydrogens is 180 g/mol. The number of aliphatic hydroxyl groups is 2. The molecule has 0 spiro atoms. The van der Waals surface area contributed by atoms with E-state index >= 15 is 0 Å². The lowest BCUT2D eigenvalue weighted by Crippen LogP contribution is -2.37. The van der Waals surface area contributed by atoms with Crippen LogP contribution in [0.3, 0.4) is 0 Å². The van der Waals surface area contributed by atoms with Crippen molar-refractivity contribution in [2.75, 3.05) is 13.7 Å². The second kappa shape index (κ2) is 3.82. The number of methoxy groups -OCH3 is 1. The summed E-state index contributed by atoms with van der Waals surface area (Å²) in [6.07, 6.45) is -3.95. The predicted octanol–water partition coefficient (Wildman–Crippen LogP) is -2.15. The molecule has 1 unspecified atom stereocenters. The average Bonchev–Trinajstić information content (AvgIpc) is 2.40. The van der Waals surface area contributed by atoms with Crippen LogP contribution in [0.4, 0.5) is 0 Å². The largest absolute Gasteiger partial charge is 0.449 e. The first-order valence-corrected chi connectivity index (χ1v) is 3.67. The number of hydrogen-bond donors (Lipinski definition) is 2. The molecule has 1 aliphatic rings. The van der Waals surface area contributed by atoms with Gasteiger partial charge in [0.05, 0.1) is 6.61 Å². The van der Waals surface area contributed by atoms with Crippen molar-refractivity contribution in [2.24, 2.45) is 0 Å². The standard InChI is InChI=1S/C7H10O6/c1-12-6-4(10)5(3(9)2-8)13-7(6)11/h3,5-6,8-9H,2H2,1H3/t3-,5+,6?/m0/s1. The lowest BCUT2D eigenvalue weighted by molar-refractivity contribution is -0.152. The van der Waals surface area contributed by atoms with Crippen LogP contribution >= 0.6 is 0 Å². The number of carbonyl (C=O) groups is 2. The van der Waals surface area contributed by atoms with Gasteiger partial charge in [-0.05, 0) is 0 Å². The molecule has 0 bridgehead atoms. The van der Waals surface area contributed by atoms with Gasteiger partial charge in [-0.2, -0.15) is 0 Å². The lowest BCUT2D eigenvalue weighted by Gasteiger charge is -2.11. The van der Waals surface area contributed by atoms with E-state index in [0.29, 0.717) is 0 Å². The van der Waals surface area contributed by atoms with E-state index in [1.807, 2.05) is 0 Å². The van der Waals surface area contributed by atoms with Crippen molar-refractivity contribution in [3.63, 3.8) is 0 Å². The molecule has 6 heteroatoms. The van der Waals surface area contributed by atoms with Crippen molar-refractivity contribution in [1.29, 1.82) is 0 Å². The summed E-state index contributed by atoms with van der Waals surface area (Å²) in [5.74, 6) is -1.49. The molecule has 0 radical (unpaired) electrons. The number of cyclic esters (lactones) is 1. The van der Waals surface area contributed by atoms with Crippen molar-refractivity contribution in [1.82, 2.24) is 0 Å². The van der Waals surface area contributed by atoms with Crippen LogP contribution in [-0.4, -0.2) is 54.0 Å². The highest BCUT2D eigenvalue weighted by molar-refractivity contribution is 6.09. The van der Waals surface area contributed by atoms with Gasteiger partial charge in [-0.1, -0.05) is 0 Å². The number of Topliss-reactive ketones (excluding diaryl/α,β-unsaturated/α-hetero) is 1. The average molecular weight is 190 g/mol. The number of ether oxygens (including phenoxy) is 2. The van der Waals surface area contributed by atoms with Gasteiger partial charge in [0.25, 0.3) is 0 Å². The van der Waals surface area contributed by atoms with E-state index in [1.54, 1.807) is 0 Å². The third kappa shape index (κ3) is 1.69. The minimum Gasteiger partial charge on any atom is -0.449 e. The number of aliphatic hydroxyl groups excluding tert-OH is 2. The van der Waals surface area contributed by atoms with E-state index in [-0.39, 0.29) is 0 Å². The first-order valence-electron chi connectivity index (χ1n) is 3.67. The topological polar surface area (TPSA) is 93.1 Å². The third-order valence-electron chi connectivity index (χ3n) is 1.77. The van der Waals surface area contributed by atoms with E-state index < -0.39 is 36.7 Å². The number of hydrogen-bond acceptors (Lipinski definition) is 6. The smallest absolute Gasteiger partial charge is 0.344 e. The molecule has 1 saturated heterocycles. The van der Waals surface area contributed by atoms with Crippen LogP contribution < -0.4 is 0 Å². The Morgan fingerprint density at radius 1 is 1.62 bits per heavy atom. The van der Waals surface area contributed by atoms with Crippen LogP contribution in [0, 0.1) is 0 Å². The van der Waals surface area contributed by atoms with Gasteiger partial charge in [0, 0.05) is 7.11 Å². The van der Waals surface area contributed by atoms with E-state index in [2.05, 4.69) is 9.47 Å². The zero-order valence-electron chi connectivity index (χ0n) is 6.97. The summed E-state index contributed by atoms with van der Waals surface area (Å²) in [6.45, 7) is -0.639. The zero-order chi connectivity index (χ0) is 10.0. The van der Waals surface area contributed by atoms with Gasteiger partial charge in [-0.15, -0.1) is 0 Å². The Morgan fingerprint density at radius 3 is 2.62 bits per heavy atom. The number of rotatable bonds is 3. The second-order valence-electron chi connectivity index (χ2n) is 2.63. The summed E-state index contributed by atoms with van der Waals surface area (Å²) < 4.78 is 9.05. The maximum atomic E-state index is 11.2. The molecule has 0 aromatic rings. The molecule has 13 heavy (non-hydrogen) atoms. The van der Waals surface area contributed by atoms with Crippen LogP contribution in [0.2, 0.25) is 0 Å². The van der Waals surface area contributed by atoms with Gasteiger partial charge < -0.3 is 19.7 Å². The van der Waals surface area contributed by atoms with Crippen LogP contribution in [0.25, 0.3) is 0 Å². The first-order chi connectivity index (χ1) is 6.11. The highest BCUT2D eigenvalue weighted by Crippen LogP contribution is 2.16. The van der Waals surface area contributed by atoms with Gasteiger partial charge in [0.15, 0.2) is 6.10 Å². The molecule has 1 heterocycles. The molecule has 0 aromatic heterocycles. The van der Waals surface area contributed by atoms with Crippen LogP contribution in [0.5, 0.6) is 0 Å². The summed E-state index contributed by atoms with van der Waals surface area (Å²) in [5, 5.41) is 17.6. The monoisotopic (exact) mass is 190 g/mol. The van der Waals surface area contributed by atoms with Crippen LogP contribution in [-0.2, 0) is 19.1 Å². The van der Waals surface area contributed by atoms with E-state index in [9.17, 15) is 9.59 Å². The van der Waals surface area contributed by atoms with E-state index in [1.165, 1.54) is 7.11 Å². The van der Waals surface area contributed by atoms with Gasteiger partial charge in [0.1, 0.15) is 6.10 Å². The van der Waals surface area contributed by atoms with Crippen molar-refractivity contribution in [3.8, 4) is 0 Å². The minimum atomic E-state index is -1.38. The van der Waals surface area contributed by atoms with Gasteiger partial charge in [-0.3, -0.25) is 4.79 Å². The molecule has 0 saturated carbocycles. The molecule has 6 nitrogen and oxygen atoms in total. The predicted molar refractivity (Wildman–Crippen MR) is 38.8 cm³/mol. The van der Waals surface area contributed by atoms with Crippen molar-refractivity contribution in [2.45, 2.75) is 18.3 Å². The summed E-state index contributed by atoms with van der Waals surface area (Å²) in [4.78, 5) is 22.1. The number of ketones is 1. The summed E-state index contributed by atoms with van der Waals surface area (Å²) in [7, 11) is 1.19. The van der Waals surface area contributed by atoms with Crippen LogP contribution in [0.15, 0.2) is 0 Å². The van der Waals surface area contributed by atoms with Gasteiger partial charge in [-0.25, -0.2) is 4.79 Å².